The number of hydrogen-bond acceptors (Lipinski definition) is 5. The number of nitrogens with zero attached hydrogens (tertiary/aromatic N) is 5. The van der Waals surface area contributed by atoms with Crippen LogP contribution < -0.4 is 4.90 Å². The van der Waals surface area contributed by atoms with Gasteiger partial charge in [-0.1, -0.05) is 29.0 Å². The van der Waals surface area contributed by atoms with Gasteiger partial charge in [0.05, 0.1) is 16.1 Å². The summed E-state index contributed by atoms with van der Waals surface area (Å²) in [4.78, 5) is 21.3. The first-order valence-corrected chi connectivity index (χ1v) is 11.1. The van der Waals surface area contributed by atoms with E-state index in [1.807, 2.05) is 30.7 Å². The molecule has 0 radical (unpaired) electrons. The maximum absolute atomic E-state index is 13.5. The van der Waals surface area contributed by atoms with Crippen molar-refractivity contribution in [2.45, 2.75) is 13.8 Å². The number of carbonyl (C=O) groups is 1. The van der Waals surface area contributed by atoms with Gasteiger partial charge in [-0.2, -0.15) is 10.1 Å². The lowest BCUT2D eigenvalue weighted by Gasteiger charge is -2.34. The molecule has 6 nitrogen and oxygen atoms in total. The van der Waals surface area contributed by atoms with Crippen molar-refractivity contribution in [2.24, 2.45) is 0 Å². The van der Waals surface area contributed by atoms with Crippen molar-refractivity contribution in [3.8, 4) is 5.69 Å². The van der Waals surface area contributed by atoms with Crippen LogP contribution in [0.5, 0.6) is 0 Å². The van der Waals surface area contributed by atoms with Crippen molar-refractivity contribution in [3.05, 3.63) is 70.9 Å². The van der Waals surface area contributed by atoms with Crippen molar-refractivity contribution in [1.29, 1.82) is 0 Å². The number of benzene rings is 2. The predicted octanol–water partition coefficient (Wildman–Crippen LogP) is 4.34. The Morgan fingerprint density at radius 1 is 0.969 bits per heavy atom. The maximum atomic E-state index is 13.5. The van der Waals surface area contributed by atoms with Gasteiger partial charge < -0.3 is 9.80 Å². The van der Waals surface area contributed by atoms with Crippen LogP contribution in [0.4, 0.5) is 13.9 Å². The second-order valence-corrected chi connectivity index (χ2v) is 8.87. The summed E-state index contributed by atoms with van der Waals surface area (Å²) in [5, 5.41) is 5.54. The fourth-order valence-corrected chi connectivity index (χ4v) is 4.88. The minimum absolute atomic E-state index is 0.158. The molecule has 164 valence electrons. The maximum Gasteiger partial charge on any atom is 0.254 e. The zero-order valence-corrected chi connectivity index (χ0v) is 18.5. The van der Waals surface area contributed by atoms with Gasteiger partial charge in [0.2, 0.25) is 0 Å². The van der Waals surface area contributed by atoms with Gasteiger partial charge in [-0.05, 0) is 44.2 Å². The van der Waals surface area contributed by atoms with Gasteiger partial charge in [-0.15, -0.1) is 0 Å². The van der Waals surface area contributed by atoms with Crippen LogP contribution in [0, 0.1) is 25.5 Å². The molecular weight excluding hydrogens is 432 g/mol. The average molecular weight is 454 g/mol. The highest BCUT2D eigenvalue weighted by Crippen LogP contribution is 2.33. The van der Waals surface area contributed by atoms with Crippen LogP contribution >= 0.6 is 11.3 Å². The van der Waals surface area contributed by atoms with Crippen LogP contribution in [0.15, 0.2) is 42.5 Å². The lowest BCUT2D eigenvalue weighted by molar-refractivity contribution is 0.0746. The normalized spacial score (nSPS) is 14.4. The molecule has 32 heavy (non-hydrogen) atoms. The van der Waals surface area contributed by atoms with Crippen LogP contribution in [0.25, 0.3) is 16.0 Å². The highest BCUT2D eigenvalue weighted by atomic mass is 32.1. The molecular formula is C23H21F2N5OS. The van der Waals surface area contributed by atoms with Gasteiger partial charge in [-0.3, -0.25) is 4.79 Å². The van der Waals surface area contributed by atoms with Gasteiger partial charge in [0.25, 0.3) is 5.91 Å². The van der Waals surface area contributed by atoms with E-state index in [1.165, 1.54) is 11.6 Å². The van der Waals surface area contributed by atoms with E-state index < -0.39 is 11.6 Å². The number of anilines is 1. The van der Waals surface area contributed by atoms with Crippen LogP contribution in [0.1, 0.15) is 21.6 Å². The van der Waals surface area contributed by atoms with Gasteiger partial charge in [0, 0.05) is 31.7 Å². The Morgan fingerprint density at radius 3 is 2.38 bits per heavy atom. The molecule has 0 spiro atoms. The molecule has 5 rings (SSSR count). The number of halogens is 2. The summed E-state index contributed by atoms with van der Waals surface area (Å²) < 4.78 is 29.6. The molecule has 1 aliphatic rings. The molecule has 0 atom stereocenters. The fourth-order valence-electron chi connectivity index (χ4n) is 3.84. The van der Waals surface area contributed by atoms with E-state index in [1.54, 1.807) is 16.2 Å². The van der Waals surface area contributed by atoms with E-state index in [4.69, 9.17) is 4.98 Å². The number of rotatable bonds is 3. The third-order valence-corrected chi connectivity index (χ3v) is 6.87. The molecule has 1 amide bonds. The first kappa shape index (κ1) is 20.6. The Kier molecular flexibility index (Phi) is 5.13. The van der Waals surface area contributed by atoms with Crippen molar-refractivity contribution < 1.29 is 13.6 Å². The number of thiazole rings is 1. The summed E-state index contributed by atoms with van der Waals surface area (Å²) in [5.41, 5.74) is 4.06. The Hall–Kier alpha value is -3.33. The van der Waals surface area contributed by atoms with Gasteiger partial charge in [-0.25, -0.2) is 13.5 Å². The molecule has 2 aromatic heterocycles. The Morgan fingerprint density at radius 2 is 1.69 bits per heavy atom. The second kappa shape index (κ2) is 7.98. The van der Waals surface area contributed by atoms with E-state index >= 15 is 0 Å². The molecule has 1 aliphatic heterocycles. The molecule has 0 N–H and O–H groups in total. The standard InChI is InChI=1S/C23H21F2N5OS/c1-14-3-6-17(7-4-14)30-21-20(15(2)27-30)32-23(26-21)29-11-9-28(10-12-29)22(31)16-5-8-18(24)19(25)13-16/h3-8,13H,9-12H2,1-2H3. The van der Waals surface area contributed by atoms with Crippen LogP contribution in [-0.2, 0) is 0 Å². The third kappa shape index (κ3) is 3.62. The summed E-state index contributed by atoms with van der Waals surface area (Å²) in [7, 11) is 0. The smallest absolute Gasteiger partial charge is 0.254 e. The summed E-state index contributed by atoms with van der Waals surface area (Å²) >= 11 is 1.60. The van der Waals surface area contributed by atoms with Gasteiger partial charge >= 0.3 is 0 Å². The molecule has 0 bridgehead atoms. The quantitative estimate of drug-likeness (QED) is 0.463. The van der Waals surface area contributed by atoms with E-state index in [0.717, 1.165) is 39.0 Å². The first-order chi connectivity index (χ1) is 15.4. The molecule has 3 heterocycles. The molecule has 0 unspecified atom stereocenters. The number of carbonyl (C=O) groups excluding carboxylic acids is 1. The van der Waals surface area contributed by atoms with Crippen molar-refractivity contribution in [2.75, 3.05) is 31.1 Å². The number of aromatic nitrogens is 3. The molecule has 1 saturated heterocycles. The van der Waals surface area contributed by atoms with E-state index in [0.29, 0.717) is 26.2 Å². The Labute approximate surface area is 187 Å². The molecule has 0 saturated carbocycles. The summed E-state index contributed by atoms with van der Waals surface area (Å²) in [6.45, 7) is 6.22. The Bertz CT molecular complexity index is 1310. The zero-order chi connectivity index (χ0) is 22.4. The number of amides is 1. The first-order valence-electron chi connectivity index (χ1n) is 10.3. The van der Waals surface area contributed by atoms with Gasteiger partial charge in [0.15, 0.2) is 22.4 Å². The van der Waals surface area contributed by atoms with Crippen LogP contribution in [0.2, 0.25) is 0 Å². The van der Waals surface area contributed by atoms with E-state index in [9.17, 15) is 13.6 Å². The van der Waals surface area contributed by atoms with Crippen molar-refractivity contribution in [3.63, 3.8) is 0 Å². The van der Waals surface area contributed by atoms with Crippen LogP contribution in [-0.4, -0.2) is 51.8 Å². The number of fused-ring (bicyclic) bond motifs is 1. The largest absolute Gasteiger partial charge is 0.344 e. The van der Waals surface area contributed by atoms with Crippen molar-refractivity contribution in [1.82, 2.24) is 19.7 Å². The summed E-state index contributed by atoms with van der Waals surface area (Å²) in [6, 6.07) is 11.4. The number of piperazine rings is 1. The molecule has 2 aromatic carbocycles. The monoisotopic (exact) mass is 453 g/mol. The van der Waals surface area contributed by atoms with Crippen molar-refractivity contribution >= 4 is 32.7 Å². The SMILES string of the molecule is Cc1ccc(-n2nc(C)c3sc(N4CCN(C(=O)c5ccc(F)c(F)c5)CC4)nc32)cc1. The zero-order valence-electron chi connectivity index (χ0n) is 17.7. The molecule has 4 aromatic rings. The molecule has 9 heteroatoms. The average Bonchev–Trinajstić information content (AvgIpc) is 3.36. The summed E-state index contributed by atoms with van der Waals surface area (Å²) in [6.07, 6.45) is 0. The highest BCUT2D eigenvalue weighted by Gasteiger charge is 2.26. The Balaban J connectivity index is 1.34. The third-order valence-electron chi connectivity index (χ3n) is 5.66. The minimum Gasteiger partial charge on any atom is -0.344 e. The van der Waals surface area contributed by atoms with Crippen LogP contribution in [0.3, 0.4) is 0 Å². The fraction of sp³-hybridized carbons (Fsp3) is 0.261. The second-order valence-electron chi connectivity index (χ2n) is 7.89. The minimum atomic E-state index is -1.01. The lowest BCUT2D eigenvalue weighted by atomic mass is 10.1. The number of aryl methyl sites for hydroxylation is 2. The molecule has 0 aliphatic carbocycles. The van der Waals surface area contributed by atoms with E-state index in [-0.39, 0.29) is 11.5 Å². The molecule has 1 fully saturated rings. The lowest BCUT2D eigenvalue weighted by Crippen LogP contribution is -2.48. The number of hydrogen-bond donors (Lipinski definition) is 0. The summed E-state index contributed by atoms with van der Waals surface area (Å²) in [5.74, 6) is -2.26. The van der Waals surface area contributed by atoms with E-state index in [2.05, 4.69) is 22.1 Å². The van der Waals surface area contributed by atoms with Gasteiger partial charge in [0.1, 0.15) is 0 Å². The highest BCUT2D eigenvalue weighted by molar-refractivity contribution is 7.22. The predicted molar refractivity (Wildman–Crippen MR) is 121 cm³/mol. The topological polar surface area (TPSA) is 54.3 Å².